The Bertz CT molecular complexity index is 539. The van der Waals surface area contributed by atoms with Crippen LogP contribution in [-0.2, 0) is 16.6 Å². The molecular weight excluding hydrogens is 297 g/mol. The van der Waals surface area contributed by atoms with Gasteiger partial charge in [0.1, 0.15) is 4.90 Å². The molecular formula is C10H17F3N4O2S. The first-order chi connectivity index (χ1) is 9.15. The van der Waals surface area contributed by atoms with Crippen LogP contribution in [0.4, 0.5) is 19.0 Å². The molecule has 0 aromatic carbocycles. The lowest BCUT2D eigenvalue weighted by Crippen LogP contribution is -2.25. The number of aryl methyl sites for hydroxylation is 1. The van der Waals surface area contributed by atoms with E-state index in [0.717, 1.165) is 0 Å². The van der Waals surface area contributed by atoms with E-state index in [-0.39, 0.29) is 30.1 Å². The lowest BCUT2D eigenvalue weighted by atomic mass is 10.2. The van der Waals surface area contributed by atoms with Gasteiger partial charge in [-0.05, 0) is 19.8 Å². The fourth-order valence-electron chi connectivity index (χ4n) is 1.52. The van der Waals surface area contributed by atoms with Gasteiger partial charge >= 0.3 is 6.18 Å². The zero-order valence-electron chi connectivity index (χ0n) is 10.9. The standard InChI is InChI=1S/C10H17F3N4O2S/c1-2-17-7-8(9(14)16-17)20(18,19)15-6-4-3-5-10(11,12)13/h7,15H,2-6H2,1H3,(H2,14,16). The largest absolute Gasteiger partial charge is 0.389 e. The number of nitrogens with one attached hydrogen (secondary N) is 1. The minimum atomic E-state index is -4.22. The zero-order chi connectivity index (χ0) is 15.4. The van der Waals surface area contributed by atoms with Crippen LogP contribution in [-0.4, -0.2) is 30.9 Å². The number of anilines is 1. The summed E-state index contributed by atoms with van der Waals surface area (Å²) in [6, 6.07) is 0. The summed E-state index contributed by atoms with van der Waals surface area (Å²) >= 11 is 0. The number of nitrogen functional groups attached to an aromatic ring is 1. The number of alkyl halides is 3. The summed E-state index contributed by atoms with van der Waals surface area (Å²) in [5.41, 5.74) is 5.49. The van der Waals surface area contributed by atoms with Gasteiger partial charge in [-0.25, -0.2) is 13.1 Å². The maximum Gasteiger partial charge on any atom is 0.389 e. The molecule has 0 radical (unpaired) electrons. The number of hydrogen-bond acceptors (Lipinski definition) is 4. The number of aromatic nitrogens is 2. The second kappa shape index (κ2) is 6.44. The smallest absolute Gasteiger partial charge is 0.381 e. The average molecular weight is 314 g/mol. The molecule has 0 spiro atoms. The maximum atomic E-state index is 11.9. The predicted octanol–water partition coefficient (Wildman–Crippen LogP) is 1.50. The highest BCUT2D eigenvalue weighted by atomic mass is 32.2. The first-order valence-corrected chi connectivity index (χ1v) is 7.53. The summed E-state index contributed by atoms with van der Waals surface area (Å²) in [6.45, 7) is 2.16. The van der Waals surface area contributed by atoms with E-state index in [1.54, 1.807) is 6.92 Å². The number of halogens is 3. The SMILES string of the molecule is CCn1cc(S(=O)(=O)NCCCCC(F)(F)F)c(N)n1. The highest BCUT2D eigenvalue weighted by Crippen LogP contribution is 2.22. The average Bonchev–Trinajstić information content (AvgIpc) is 2.69. The Morgan fingerprint density at radius 1 is 1.40 bits per heavy atom. The first kappa shape index (κ1) is 16.8. The van der Waals surface area contributed by atoms with Crippen molar-refractivity contribution in [3.8, 4) is 0 Å². The number of rotatable bonds is 7. The minimum absolute atomic E-state index is 0.0742. The second-order valence-corrected chi connectivity index (χ2v) is 5.94. The number of nitrogens with zero attached hydrogens (tertiary/aromatic N) is 2. The topological polar surface area (TPSA) is 90.0 Å². The van der Waals surface area contributed by atoms with E-state index in [2.05, 4.69) is 9.82 Å². The molecule has 1 aromatic heterocycles. The lowest BCUT2D eigenvalue weighted by molar-refractivity contribution is -0.135. The van der Waals surface area contributed by atoms with Crippen LogP contribution in [0.3, 0.4) is 0 Å². The molecule has 10 heteroatoms. The van der Waals surface area contributed by atoms with Gasteiger partial charge in [0.2, 0.25) is 10.0 Å². The lowest BCUT2D eigenvalue weighted by Gasteiger charge is -2.07. The third-order valence-electron chi connectivity index (χ3n) is 2.55. The van der Waals surface area contributed by atoms with E-state index >= 15 is 0 Å². The highest BCUT2D eigenvalue weighted by Gasteiger charge is 2.26. The van der Waals surface area contributed by atoms with Crippen molar-refractivity contribution in [3.63, 3.8) is 0 Å². The first-order valence-electron chi connectivity index (χ1n) is 6.05. The number of nitrogens with two attached hydrogens (primary N) is 1. The van der Waals surface area contributed by atoms with Gasteiger partial charge in [-0.15, -0.1) is 0 Å². The van der Waals surface area contributed by atoms with Crippen LogP contribution in [0.25, 0.3) is 0 Å². The molecule has 1 heterocycles. The van der Waals surface area contributed by atoms with Crippen molar-refractivity contribution in [1.82, 2.24) is 14.5 Å². The third kappa shape index (κ3) is 5.00. The predicted molar refractivity (Wildman–Crippen MR) is 67.4 cm³/mol. The van der Waals surface area contributed by atoms with Gasteiger partial charge in [0, 0.05) is 25.7 Å². The summed E-state index contributed by atoms with van der Waals surface area (Å²) in [5.74, 6) is -0.130. The van der Waals surface area contributed by atoms with Gasteiger partial charge in [0.05, 0.1) is 0 Å². The molecule has 0 aliphatic heterocycles. The molecule has 0 saturated carbocycles. The van der Waals surface area contributed by atoms with Crippen molar-refractivity contribution in [1.29, 1.82) is 0 Å². The van der Waals surface area contributed by atoms with Crippen LogP contribution in [0.1, 0.15) is 26.2 Å². The molecule has 0 atom stereocenters. The summed E-state index contributed by atoms with van der Waals surface area (Å²) in [4.78, 5) is -0.157. The van der Waals surface area contributed by atoms with E-state index in [1.807, 2.05) is 0 Å². The van der Waals surface area contributed by atoms with E-state index in [1.165, 1.54) is 10.9 Å². The van der Waals surface area contributed by atoms with Crippen molar-refractivity contribution in [2.75, 3.05) is 12.3 Å². The van der Waals surface area contributed by atoms with Crippen LogP contribution in [0, 0.1) is 0 Å². The third-order valence-corrected chi connectivity index (χ3v) is 4.03. The number of unbranched alkanes of at least 4 members (excludes halogenated alkanes) is 1. The van der Waals surface area contributed by atoms with Gasteiger partial charge in [0.25, 0.3) is 0 Å². The van der Waals surface area contributed by atoms with Crippen molar-refractivity contribution < 1.29 is 21.6 Å². The Kier molecular flexibility index (Phi) is 5.40. The molecule has 6 nitrogen and oxygen atoms in total. The minimum Gasteiger partial charge on any atom is -0.381 e. The Balaban J connectivity index is 2.51. The summed E-state index contributed by atoms with van der Waals surface area (Å²) in [5, 5.41) is 3.80. The molecule has 0 saturated heterocycles. The fraction of sp³-hybridized carbons (Fsp3) is 0.700. The summed E-state index contributed by atoms with van der Waals surface area (Å²) in [7, 11) is -3.84. The molecule has 1 rings (SSSR count). The highest BCUT2D eigenvalue weighted by molar-refractivity contribution is 7.89. The van der Waals surface area contributed by atoms with Crippen molar-refractivity contribution in [2.45, 2.75) is 43.8 Å². The van der Waals surface area contributed by atoms with Crippen molar-refractivity contribution >= 4 is 15.8 Å². The van der Waals surface area contributed by atoms with E-state index in [0.29, 0.717) is 6.54 Å². The molecule has 1 aromatic rings. The van der Waals surface area contributed by atoms with Gasteiger partial charge < -0.3 is 5.73 Å². The van der Waals surface area contributed by atoms with Crippen molar-refractivity contribution in [3.05, 3.63) is 6.20 Å². The van der Waals surface area contributed by atoms with Crippen LogP contribution in [0.5, 0.6) is 0 Å². The molecule has 0 bridgehead atoms. The maximum absolute atomic E-state index is 11.9. The van der Waals surface area contributed by atoms with Crippen molar-refractivity contribution in [2.24, 2.45) is 0 Å². The van der Waals surface area contributed by atoms with Gasteiger partial charge in [-0.2, -0.15) is 18.3 Å². The molecule has 0 aliphatic carbocycles. The molecule has 0 amide bonds. The van der Waals surface area contributed by atoms with Crippen LogP contribution >= 0.6 is 0 Å². The fourth-order valence-corrected chi connectivity index (χ4v) is 2.67. The summed E-state index contributed by atoms with van der Waals surface area (Å²) < 4.78 is 63.1. The summed E-state index contributed by atoms with van der Waals surface area (Å²) in [6.07, 6.45) is -3.89. The molecule has 0 fully saturated rings. The van der Waals surface area contributed by atoms with E-state index in [9.17, 15) is 21.6 Å². The van der Waals surface area contributed by atoms with E-state index < -0.39 is 22.6 Å². The van der Waals surface area contributed by atoms with Crippen LogP contribution in [0.15, 0.2) is 11.1 Å². The molecule has 0 aliphatic rings. The molecule has 116 valence electrons. The Morgan fingerprint density at radius 2 is 2.05 bits per heavy atom. The zero-order valence-corrected chi connectivity index (χ0v) is 11.8. The van der Waals surface area contributed by atoms with Crippen LogP contribution in [0.2, 0.25) is 0 Å². The number of hydrogen-bond donors (Lipinski definition) is 2. The Labute approximate surface area is 115 Å². The Hall–Kier alpha value is -1.29. The quantitative estimate of drug-likeness (QED) is 0.746. The van der Waals surface area contributed by atoms with E-state index in [4.69, 9.17) is 5.73 Å². The normalized spacial score (nSPS) is 12.8. The second-order valence-electron chi connectivity index (χ2n) is 4.20. The van der Waals surface area contributed by atoms with Gasteiger partial charge in [-0.1, -0.05) is 0 Å². The van der Waals surface area contributed by atoms with Crippen LogP contribution < -0.4 is 10.5 Å². The monoisotopic (exact) mass is 314 g/mol. The molecule has 20 heavy (non-hydrogen) atoms. The van der Waals surface area contributed by atoms with Gasteiger partial charge in [0.15, 0.2) is 5.82 Å². The number of sulfonamides is 1. The molecule has 0 unspecified atom stereocenters. The van der Waals surface area contributed by atoms with Gasteiger partial charge in [-0.3, -0.25) is 4.68 Å². The Morgan fingerprint density at radius 3 is 2.55 bits per heavy atom. The molecule has 3 N–H and O–H groups in total.